The zero-order valence-corrected chi connectivity index (χ0v) is 16.5. The number of epoxide rings is 1. The third-order valence-corrected chi connectivity index (χ3v) is 5.13. The van der Waals surface area contributed by atoms with Crippen LogP contribution < -0.4 is 14.2 Å². The van der Waals surface area contributed by atoms with Crippen LogP contribution in [0.15, 0.2) is 48.5 Å². The molecule has 0 aromatic heterocycles. The number of fused-ring (bicyclic) bond motifs is 1. The number of benzene rings is 2. The monoisotopic (exact) mass is 438 g/mol. The molecule has 0 spiro atoms. The average molecular weight is 438 g/mol. The molecule has 3 atom stereocenters. The number of carbonyl (C=O) groups excluding carboxylic acids is 1. The Kier molecular flexibility index (Phi) is 6.33. The Balaban J connectivity index is 1.19. The van der Waals surface area contributed by atoms with Crippen molar-refractivity contribution in [1.82, 2.24) is 0 Å². The minimum absolute atomic E-state index is 0.0962. The highest BCUT2D eigenvalue weighted by Crippen LogP contribution is 2.39. The molecule has 1 saturated heterocycles. The summed E-state index contributed by atoms with van der Waals surface area (Å²) in [5.41, 5.74) is 0.269. The molecule has 31 heavy (non-hydrogen) atoms. The highest BCUT2D eigenvalue weighted by molar-refractivity contribution is 5.91. The fourth-order valence-electron chi connectivity index (χ4n) is 3.53. The number of hydrogen-bond donors (Lipinski definition) is 0. The Hall–Kier alpha value is -2.78. The smallest absolute Gasteiger partial charge is 0.468 e. The molecule has 9 heteroatoms. The van der Waals surface area contributed by atoms with Gasteiger partial charge in [0, 0.05) is 0 Å². The van der Waals surface area contributed by atoms with Crippen LogP contribution in [0.25, 0.3) is 0 Å². The van der Waals surface area contributed by atoms with Gasteiger partial charge in [0.25, 0.3) is 0 Å². The largest absolute Gasteiger partial charge is 0.573 e. The summed E-state index contributed by atoms with van der Waals surface area (Å²) in [7, 11) is 0. The SMILES string of the molecule is O=C(Oc1ccc(OC(F)(F)F)cc1)c1ccc(OCOCC2CCC3OC3C2)cc1. The third kappa shape index (κ3) is 6.35. The topological polar surface area (TPSA) is 66.5 Å². The van der Waals surface area contributed by atoms with E-state index in [1.54, 1.807) is 12.1 Å². The van der Waals surface area contributed by atoms with Gasteiger partial charge in [0.2, 0.25) is 0 Å². The molecule has 3 unspecified atom stereocenters. The van der Waals surface area contributed by atoms with E-state index in [-0.39, 0.29) is 18.1 Å². The maximum absolute atomic E-state index is 12.2. The van der Waals surface area contributed by atoms with E-state index in [0.29, 0.717) is 30.5 Å². The van der Waals surface area contributed by atoms with E-state index in [4.69, 9.17) is 18.9 Å². The fraction of sp³-hybridized carbons (Fsp3) is 0.409. The van der Waals surface area contributed by atoms with Gasteiger partial charge in [-0.05, 0) is 73.7 Å². The summed E-state index contributed by atoms with van der Waals surface area (Å²) in [6.07, 6.45) is -0.640. The number of carbonyl (C=O) groups is 1. The van der Waals surface area contributed by atoms with Crippen molar-refractivity contribution in [2.45, 2.75) is 37.8 Å². The Labute approximate surface area is 176 Å². The molecule has 0 N–H and O–H groups in total. The molecule has 0 amide bonds. The van der Waals surface area contributed by atoms with E-state index in [1.165, 1.54) is 24.3 Å². The number of esters is 1. The van der Waals surface area contributed by atoms with Crippen molar-refractivity contribution in [1.29, 1.82) is 0 Å². The van der Waals surface area contributed by atoms with Gasteiger partial charge in [0.15, 0.2) is 6.79 Å². The van der Waals surface area contributed by atoms with Gasteiger partial charge in [-0.2, -0.15) is 0 Å². The molecular formula is C22H21F3O6. The minimum atomic E-state index is -4.78. The summed E-state index contributed by atoms with van der Waals surface area (Å²) < 4.78 is 62.1. The van der Waals surface area contributed by atoms with Crippen LogP contribution in [0.4, 0.5) is 13.2 Å². The second-order valence-corrected chi connectivity index (χ2v) is 7.46. The summed E-state index contributed by atoms with van der Waals surface area (Å²) >= 11 is 0. The molecule has 2 fully saturated rings. The molecule has 1 heterocycles. The lowest BCUT2D eigenvalue weighted by Crippen LogP contribution is -2.19. The normalized spacial score (nSPS) is 22.4. The summed E-state index contributed by atoms with van der Waals surface area (Å²) in [5.74, 6) is 0.0895. The molecule has 1 saturated carbocycles. The van der Waals surface area contributed by atoms with Gasteiger partial charge in [0.05, 0.1) is 24.4 Å². The van der Waals surface area contributed by atoms with E-state index >= 15 is 0 Å². The van der Waals surface area contributed by atoms with Crippen molar-refractivity contribution in [3.05, 3.63) is 54.1 Å². The number of halogens is 3. The van der Waals surface area contributed by atoms with Crippen molar-refractivity contribution in [3.63, 3.8) is 0 Å². The molecule has 0 bridgehead atoms. The molecule has 2 aromatic rings. The van der Waals surface area contributed by atoms with E-state index in [9.17, 15) is 18.0 Å². The maximum Gasteiger partial charge on any atom is 0.573 e. The lowest BCUT2D eigenvalue weighted by atomic mass is 9.90. The molecule has 2 aromatic carbocycles. The minimum Gasteiger partial charge on any atom is -0.468 e. The first kappa shape index (κ1) is 21.5. The standard InChI is InChI=1S/C22H21F3O6/c23-22(24,25)31-18-8-6-17(7-9-18)29-21(26)15-2-4-16(5-3-15)28-13-27-12-14-1-10-19-20(11-14)30-19/h2-9,14,19-20H,1,10-13H2. The molecule has 166 valence electrons. The van der Waals surface area contributed by atoms with Crippen LogP contribution in [0, 0.1) is 5.92 Å². The van der Waals surface area contributed by atoms with Crippen molar-refractivity contribution in [2.75, 3.05) is 13.4 Å². The fourth-order valence-corrected chi connectivity index (χ4v) is 3.53. The highest BCUT2D eigenvalue weighted by Gasteiger charge is 2.43. The zero-order valence-electron chi connectivity index (χ0n) is 16.5. The molecule has 2 aliphatic rings. The molecular weight excluding hydrogens is 417 g/mol. The van der Waals surface area contributed by atoms with E-state index < -0.39 is 18.1 Å². The van der Waals surface area contributed by atoms with Crippen LogP contribution in [0.5, 0.6) is 17.2 Å². The number of alkyl halides is 3. The highest BCUT2D eigenvalue weighted by atomic mass is 19.4. The number of rotatable bonds is 8. The Morgan fingerprint density at radius 2 is 1.61 bits per heavy atom. The van der Waals surface area contributed by atoms with Crippen LogP contribution in [-0.2, 0) is 9.47 Å². The van der Waals surface area contributed by atoms with Gasteiger partial charge < -0.3 is 23.7 Å². The quantitative estimate of drug-likeness (QED) is 0.195. The van der Waals surface area contributed by atoms with Crippen LogP contribution in [-0.4, -0.2) is 37.9 Å². The van der Waals surface area contributed by atoms with Crippen molar-refractivity contribution < 1.29 is 41.7 Å². The van der Waals surface area contributed by atoms with Gasteiger partial charge in [0.1, 0.15) is 17.2 Å². The predicted octanol–water partition coefficient (Wildman–Crippen LogP) is 4.72. The maximum atomic E-state index is 12.2. The van der Waals surface area contributed by atoms with Gasteiger partial charge >= 0.3 is 12.3 Å². The van der Waals surface area contributed by atoms with Crippen LogP contribution in [0.1, 0.15) is 29.6 Å². The van der Waals surface area contributed by atoms with E-state index in [0.717, 1.165) is 31.4 Å². The third-order valence-electron chi connectivity index (χ3n) is 5.13. The lowest BCUT2D eigenvalue weighted by molar-refractivity contribution is -0.274. The first-order valence-electron chi connectivity index (χ1n) is 9.90. The van der Waals surface area contributed by atoms with Crippen LogP contribution in [0.3, 0.4) is 0 Å². The number of hydrogen-bond acceptors (Lipinski definition) is 6. The van der Waals surface area contributed by atoms with Gasteiger partial charge in [-0.1, -0.05) is 0 Å². The van der Waals surface area contributed by atoms with Crippen molar-refractivity contribution in [2.24, 2.45) is 5.92 Å². The average Bonchev–Trinajstić information content (AvgIpc) is 3.51. The van der Waals surface area contributed by atoms with Crippen LogP contribution >= 0.6 is 0 Å². The lowest BCUT2D eigenvalue weighted by Gasteiger charge is -2.18. The van der Waals surface area contributed by atoms with Gasteiger partial charge in [-0.25, -0.2) is 4.79 Å². The molecule has 0 radical (unpaired) electrons. The molecule has 4 rings (SSSR count). The first-order valence-corrected chi connectivity index (χ1v) is 9.90. The molecule has 1 aliphatic carbocycles. The molecule has 1 aliphatic heterocycles. The second-order valence-electron chi connectivity index (χ2n) is 7.46. The second kappa shape index (κ2) is 9.15. The van der Waals surface area contributed by atoms with Crippen molar-refractivity contribution in [3.8, 4) is 17.2 Å². The summed E-state index contributed by atoms with van der Waals surface area (Å²) in [4.78, 5) is 12.2. The van der Waals surface area contributed by atoms with E-state index in [2.05, 4.69) is 4.74 Å². The summed E-state index contributed by atoms with van der Waals surface area (Å²) in [6, 6.07) is 10.9. The van der Waals surface area contributed by atoms with Gasteiger partial charge in [-0.15, -0.1) is 13.2 Å². The van der Waals surface area contributed by atoms with Crippen molar-refractivity contribution >= 4 is 5.97 Å². The Morgan fingerprint density at radius 1 is 0.935 bits per heavy atom. The van der Waals surface area contributed by atoms with Crippen LogP contribution in [0.2, 0.25) is 0 Å². The zero-order chi connectivity index (χ0) is 21.8. The Morgan fingerprint density at radius 3 is 2.29 bits per heavy atom. The van der Waals surface area contributed by atoms with E-state index in [1.807, 2.05) is 0 Å². The summed E-state index contributed by atoms with van der Waals surface area (Å²) in [6.45, 7) is 0.741. The Bertz CT molecular complexity index is 882. The predicted molar refractivity (Wildman–Crippen MR) is 102 cm³/mol. The summed E-state index contributed by atoms with van der Waals surface area (Å²) in [5, 5.41) is 0. The van der Waals surface area contributed by atoms with Gasteiger partial charge in [-0.3, -0.25) is 0 Å². The number of ether oxygens (including phenoxy) is 5. The molecule has 6 nitrogen and oxygen atoms in total. The first-order chi connectivity index (χ1) is 14.9.